The molecule has 0 aromatic carbocycles. The predicted octanol–water partition coefficient (Wildman–Crippen LogP) is -0.0588. The first-order chi connectivity index (χ1) is 7.00. The Hall–Kier alpha value is -1.82. The van der Waals surface area contributed by atoms with Gasteiger partial charge in [0.25, 0.3) is 0 Å². The van der Waals surface area contributed by atoms with Gasteiger partial charge in [-0.15, -0.1) is 0 Å². The highest BCUT2D eigenvalue weighted by molar-refractivity contribution is 5.84. The van der Waals surface area contributed by atoms with Crippen LogP contribution in [-0.2, 0) is 11.3 Å². The van der Waals surface area contributed by atoms with Gasteiger partial charge in [-0.3, -0.25) is 4.79 Å². The molecule has 0 fully saturated rings. The summed E-state index contributed by atoms with van der Waals surface area (Å²) in [6, 6.07) is 2.22. The molecular weight excluding hydrogens is 200 g/mol. The highest BCUT2D eigenvalue weighted by Gasteiger charge is 2.11. The van der Waals surface area contributed by atoms with Crippen LogP contribution in [0, 0.1) is 0 Å². The Kier molecular flexibility index (Phi) is 3.46. The van der Waals surface area contributed by atoms with Crippen LogP contribution in [0.5, 0.6) is 0 Å². The van der Waals surface area contributed by atoms with E-state index in [2.05, 4.69) is 5.32 Å². The minimum absolute atomic E-state index is 0.133. The monoisotopic (exact) mass is 212 g/mol. The maximum absolute atomic E-state index is 11.1. The SMILES string of the molecule is C[C@@H](N)C(=O)NCc1ccc(C(=O)O)o1. The molecule has 6 heteroatoms. The van der Waals surface area contributed by atoms with Gasteiger partial charge in [0.2, 0.25) is 11.7 Å². The number of carbonyl (C=O) groups is 2. The Labute approximate surface area is 86.1 Å². The van der Waals surface area contributed by atoms with Crippen LogP contribution in [0.3, 0.4) is 0 Å². The normalized spacial score (nSPS) is 12.1. The lowest BCUT2D eigenvalue weighted by molar-refractivity contribution is -0.122. The molecule has 1 rings (SSSR count). The number of amides is 1. The molecule has 15 heavy (non-hydrogen) atoms. The molecule has 0 aliphatic heterocycles. The van der Waals surface area contributed by atoms with Crippen molar-refractivity contribution in [3.8, 4) is 0 Å². The first-order valence-corrected chi connectivity index (χ1v) is 4.36. The van der Waals surface area contributed by atoms with Gasteiger partial charge in [-0.1, -0.05) is 0 Å². The van der Waals surface area contributed by atoms with E-state index in [1.165, 1.54) is 12.1 Å². The molecule has 4 N–H and O–H groups in total. The van der Waals surface area contributed by atoms with Crippen LogP contribution in [0.4, 0.5) is 0 Å². The lowest BCUT2D eigenvalue weighted by Crippen LogP contribution is -2.37. The summed E-state index contributed by atoms with van der Waals surface area (Å²) in [5.74, 6) is -1.23. The van der Waals surface area contributed by atoms with Crippen LogP contribution in [0.25, 0.3) is 0 Å². The zero-order chi connectivity index (χ0) is 11.4. The Morgan fingerprint density at radius 2 is 2.27 bits per heavy atom. The summed E-state index contributed by atoms with van der Waals surface area (Å²) in [6.07, 6.45) is 0. The molecule has 1 heterocycles. The van der Waals surface area contributed by atoms with Crippen LogP contribution in [0.2, 0.25) is 0 Å². The van der Waals surface area contributed by atoms with Gasteiger partial charge in [-0.2, -0.15) is 0 Å². The Morgan fingerprint density at radius 3 is 2.73 bits per heavy atom. The number of carboxylic acids is 1. The number of carbonyl (C=O) groups excluding carboxylic acids is 1. The van der Waals surface area contributed by atoms with Gasteiger partial charge in [-0.05, 0) is 19.1 Å². The Morgan fingerprint density at radius 1 is 1.60 bits per heavy atom. The third-order valence-corrected chi connectivity index (χ3v) is 1.72. The molecule has 1 aromatic heterocycles. The van der Waals surface area contributed by atoms with Crippen molar-refractivity contribution < 1.29 is 19.1 Å². The van der Waals surface area contributed by atoms with Crippen molar-refractivity contribution in [1.29, 1.82) is 0 Å². The zero-order valence-corrected chi connectivity index (χ0v) is 8.19. The van der Waals surface area contributed by atoms with Gasteiger partial charge < -0.3 is 20.6 Å². The van der Waals surface area contributed by atoms with E-state index < -0.39 is 12.0 Å². The fourth-order valence-electron chi connectivity index (χ4n) is 0.923. The average molecular weight is 212 g/mol. The summed E-state index contributed by atoms with van der Waals surface area (Å²) in [5.41, 5.74) is 5.32. The van der Waals surface area contributed by atoms with Gasteiger partial charge in [0.15, 0.2) is 0 Å². The topological polar surface area (TPSA) is 106 Å². The summed E-state index contributed by atoms with van der Waals surface area (Å²) < 4.78 is 4.92. The molecule has 82 valence electrons. The highest BCUT2D eigenvalue weighted by Crippen LogP contribution is 2.07. The van der Waals surface area contributed by atoms with Crippen molar-refractivity contribution in [3.05, 3.63) is 23.7 Å². The molecule has 0 spiro atoms. The lowest BCUT2D eigenvalue weighted by Gasteiger charge is -2.05. The third-order valence-electron chi connectivity index (χ3n) is 1.72. The van der Waals surface area contributed by atoms with Crippen molar-refractivity contribution in [3.63, 3.8) is 0 Å². The van der Waals surface area contributed by atoms with Gasteiger partial charge in [0.05, 0.1) is 12.6 Å². The number of carboxylic acid groups (broad SMARTS) is 1. The molecule has 1 atom stereocenters. The first-order valence-electron chi connectivity index (χ1n) is 4.36. The summed E-state index contributed by atoms with van der Waals surface area (Å²) in [7, 11) is 0. The molecule has 0 saturated heterocycles. The summed E-state index contributed by atoms with van der Waals surface area (Å²) in [5, 5.41) is 11.1. The highest BCUT2D eigenvalue weighted by atomic mass is 16.4. The van der Waals surface area contributed by atoms with Gasteiger partial charge in [0.1, 0.15) is 5.76 Å². The minimum Gasteiger partial charge on any atom is -0.475 e. The first kappa shape index (κ1) is 11.3. The third kappa shape index (κ3) is 3.10. The van der Waals surface area contributed by atoms with E-state index in [9.17, 15) is 9.59 Å². The van der Waals surface area contributed by atoms with Crippen LogP contribution in [0.15, 0.2) is 16.5 Å². The van der Waals surface area contributed by atoms with Crippen molar-refractivity contribution in [2.75, 3.05) is 0 Å². The molecule has 0 aliphatic carbocycles. The number of furan rings is 1. The largest absolute Gasteiger partial charge is 0.475 e. The van der Waals surface area contributed by atoms with Crippen LogP contribution in [-0.4, -0.2) is 23.0 Å². The van der Waals surface area contributed by atoms with Gasteiger partial charge in [-0.25, -0.2) is 4.79 Å². The van der Waals surface area contributed by atoms with E-state index in [1.54, 1.807) is 6.92 Å². The molecule has 6 nitrogen and oxygen atoms in total. The smallest absolute Gasteiger partial charge is 0.371 e. The second kappa shape index (κ2) is 4.61. The molecule has 0 aliphatic rings. The quantitative estimate of drug-likeness (QED) is 0.648. The number of aromatic carboxylic acids is 1. The molecular formula is C9H12N2O4. The Bertz CT molecular complexity index is 370. The van der Waals surface area contributed by atoms with E-state index in [4.69, 9.17) is 15.3 Å². The van der Waals surface area contributed by atoms with Crippen molar-refractivity contribution in [1.82, 2.24) is 5.32 Å². The number of hydrogen-bond donors (Lipinski definition) is 3. The molecule has 0 saturated carbocycles. The summed E-state index contributed by atoms with van der Waals surface area (Å²) >= 11 is 0. The lowest BCUT2D eigenvalue weighted by atomic mass is 10.3. The predicted molar refractivity (Wildman–Crippen MR) is 51.2 cm³/mol. The van der Waals surface area contributed by atoms with Crippen LogP contribution >= 0.6 is 0 Å². The second-order valence-corrected chi connectivity index (χ2v) is 3.08. The van der Waals surface area contributed by atoms with Crippen molar-refractivity contribution >= 4 is 11.9 Å². The zero-order valence-electron chi connectivity index (χ0n) is 8.19. The van der Waals surface area contributed by atoms with E-state index in [-0.39, 0.29) is 18.2 Å². The molecule has 0 unspecified atom stereocenters. The fraction of sp³-hybridized carbons (Fsp3) is 0.333. The van der Waals surface area contributed by atoms with Crippen LogP contribution < -0.4 is 11.1 Å². The minimum atomic E-state index is -1.14. The molecule has 1 aromatic rings. The van der Waals surface area contributed by atoms with E-state index in [0.717, 1.165) is 0 Å². The van der Waals surface area contributed by atoms with E-state index >= 15 is 0 Å². The second-order valence-electron chi connectivity index (χ2n) is 3.08. The van der Waals surface area contributed by atoms with Gasteiger partial charge in [0, 0.05) is 0 Å². The number of nitrogens with one attached hydrogen (secondary N) is 1. The molecule has 0 radical (unpaired) electrons. The van der Waals surface area contributed by atoms with Crippen molar-refractivity contribution in [2.24, 2.45) is 5.73 Å². The number of rotatable bonds is 4. The summed E-state index contributed by atoms with van der Waals surface area (Å²) in [6.45, 7) is 1.69. The Balaban J connectivity index is 2.51. The number of nitrogens with two attached hydrogens (primary N) is 1. The number of hydrogen-bond acceptors (Lipinski definition) is 4. The average Bonchev–Trinajstić information content (AvgIpc) is 2.62. The fourth-order valence-corrected chi connectivity index (χ4v) is 0.923. The maximum atomic E-state index is 11.1. The van der Waals surface area contributed by atoms with E-state index in [0.29, 0.717) is 5.76 Å². The van der Waals surface area contributed by atoms with Crippen LogP contribution in [0.1, 0.15) is 23.2 Å². The molecule has 0 bridgehead atoms. The van der Waals surface area contributed by atoms with Gasteiger partial charge >= 0.3 is 5.97 Å². The standard InChI is InChI=1S/C9H12N2O4/c1-5(10)8(12)11-4-6-2-3-7(15-6)9(13)14/h2-3,5H,4,10H2,1H3,(H,11,12)(H,13,14)/t5-/m1/s1. The van der Waals surface area contributed by atoms with E-state index in [1.807, 2.05) is 0 Å². The molecule has 1 amide bonds. The summed E-state index contributed by atoms with van der Waals surface area (Å²) in [4.78, 5) is 21.5. The van der Waals surface area contributed by atoms with Crippen molar-refractivity contribution in [2.45, 2.75) is 19.5 Å². The maximum Gasteiger partial charge on any atom is 0.371 e.